The van der Waals surface area contributed by atoms with E-state index < -0.39 is 6.04 Å². The van der Waals surface area contributed by atoms with E-state index in [0.29, 0.717) is 32.7 Å². The molecular weight excluding hydrogens is 270 g/mol. The lowest BCUT2D eigenvalue weighted by atomic mass is 9.98. The third kappa shape index (κ3) is 6.01. The molecule has 0 spiro atoms. The zero-order valence-electron chi connectivity index (χ0n) is 13.7. The summed E-state index contributed by atoms with van der Waals surface area (Å²) in [7, 11) is 3.99. The summed E-state index contributed by atoms with van der Waals surface area (Å²) in [6.45, 7) is 7.10. The van der Waals surface area contributed by atoms with E-state index in [4.69, 9.17) is 4.74 Å². The Bertz CT molecular complexity index is 347. The van der Waals surface area contributed by atoms with Crippen LogP contribution in [0.25, 0.3) is 0 Å². The molecule has 1 saturated heterocycles. The lowest BCUT2D eigenvalue weighted by Crippen LogP contribution is -2.49. The molecule has 122 valence electrons. The van der Waals surface area contributed by atoms with Crippen LogP contribution in [0.15, 0.2) is 0 Å². The zero-order chi connectivity index (χ0) is 15.8. The molecule has 0 saturated carbocycles. The maximum Gasteiger partial charge on any atom is 0.245 e. The van der Waals surface area contributed by atoms with Gasteiger partial charge in [0.05, 0.1) is 13.2 Å². The molecular formula is C15H29N3O3. The monoisotopic (exact) mass is 299 g/mol. The topological polar surface area (TPSA) is 61.9 Å². The number of carbonyl (C=O) groups excluding carboxylic acids is 2. The van der Waals surface area contributed by atoms with Gasteiger partial charge >= 0.3 is 0 Å². The highest BCUT2D eigenvalue weighted by Gasteiger charge is 2.32. The van der Waals surface area contributed by atoms with Crippen LogP contribution >= 0.6 is 0 Å². The first kappa shape index (κ1) is 17.9. The second-order valence-electron chi connectivity index (χ2n) is 5.92. The van der Waals surface area contributed by atoms with E-state index in [-0.39, 0.29) is 17.7 Å². The van der Waals surface area contributed by atoms with Gasteiger partial charge in [0, 0.05) is 26.1 Å². The average molecular weight is 299 g/mol. The number of nitrogens with one attached hydrogen (secondary N) is 1. The molecule has 1 fully saturated rings. The molecule has 2 atom stereocenters. The molecule has 0 aromatic heterocycles. The number of ether oxygens (including phenoxy) is 1. The Kier molecular flexibility index (Phi) is 7.67. The Labute approximate surface area is 127 Å². The molecule has 0 aliphatic carbocycles. The van der Waals surface area contributed by atoms with Crippen molar-refractivity contribution in [3.63, 3.8) is 0 Å². The summed E-state index contributed by atoms with van der Waals surface area (Å²) >= 11 is 0. The lowest BCUT2D eigenvalue weighted by Gasteiger charge is -2.27. The average Bonchev–Trinajstić information content (AvgIpc) is 2.58. The van der Waals surface area contributed by atoms with Crippen LogP contribution in [-0.2, 0) is 14.3 Å². The molecule has 0 aromatic carbocycles. The highest BCUT2D eigenvalue weighted by atomic mass is 16.5. The van der Waals surface area contributed by atoms with Crippen molar-refractivity contribution < 1.29 is 14.3 Å². The van der Waals surface area contributed by atoms with E-state index in [9.17, 15) is 9.59 Å². The number of carbonyl (C=O) groups is 2. The van der Waals surface area contributed by atoms with Crippen LogP contribution < -0.4 is 5.32 Å². The number of nitrogens with zero attached hydrogens (tertiary/aromatic N) is 2. The fourth-order valence-corrected chi connectivity index (χ4v) is 2.22. The normalized spacial score (nSPS) is 21.4. The predicted molar refractivity (Wildman–Crippen MR) is 82.0 cm³/mol. The van der Waals surface area contributed by atoms with E-state index in [1.165, 1.54) is 0 Å². The first-order valence-electron chi connectivity index (χ1n) is 7.76. The molecule has 1 aliphatic rings. The molecule has 1 heterocycles. The van der Waals surface area contributed by atoms with Crippen molar-refractivity contribution in [3.8, 4) is 0 Å². The van der Waals surface area contributed by atoms with E-state index in [1.54, 1.807) is 4.90 Å². The Morgan fingerprint density at radius 3 is 2.71 bits per heavy atom. The quantitative estimate of drug-likeness (QED) is 0.656. The molecule has 0 bridgehead atoms. The van der Waals surface area contributed by atoms with Crippen LogP contribution in [0.2, 0.25) is 0 Å². The van der Waals surface area contributed by atoms with E-state index >= 15 is 0 Å². The first-order valence-corrected chi connectivity index (χ1v) is 7.76. The maximum absolute atomic E-state index is 12.5. The number of hydrogen-bond acceptors (Lipinski definition) is 4. The highest BCUT2D eigenvalue weighted by Crippen LogP contribution is 2.14. The van der Waals surface area contributed by atoms with E-state index in [2.05, 4.69) is 10.2 Å². The summed E-state index contributed by atoms with van der Waals surface area (Å²) in [6.07, 6.45) is 1.24. The molecule has 21 heavy (non-hydrogen) atoms. The minimum absolute atomic E-state index is 0.0198. The smallest absolute Gasteiger partial charge is 0.245 e. The van der Waals surface area contributed by atoms with Gasteiger partial charge in [-0.15, -0.1) is 0 Å². The minimum atomic E-state index is -0.397. The molecule has 6 nitrogen and oxygen atoms in total. The second kappa shape index (κ2) is 9.00. The van der Waals surface area contributed by atoms with E-state index in [1.807, 2.05) is 27.9 Å². The highest BCUT2D eigenvalue weighted by molar-refractivity contribution is 5.90. The van der Waals surface area contributed by atoms with Gasteiger partial charge in [0.1, 0.15) is 6.04 Å². The Hall–Kier alpha value is -1.14. The summed E-state index contributed by atoms with van der Waals surface area (Å²) in [5.74, 6) is 0.132. The summed E-state index contributed by atoms with van der Waals surface area (Å²) in [4.78, 5) is 28.0. The first-order chi connectivity index (χ1) is 9.95. The molecule has 6 heteroatoms. The van der Waals surface area contributed by atoms with Gasteiger partial charge < -0.3 is 19.9 Å². The largest absolute Gasteiger partial charge is 0.378 e. The third-order valence-corrected chi connectivity index (χ3v) is 3.90. The minimum Gasteiger partial charge on any atom is -0.378 e. The predicted octanol–water partition coefficient (Wildman–Crippen LogP) is 0.328. The number of amides is 2. The van der Waals surface area contributed by atoms with Gasteiger partial charge in [0.25, 0.3) is 0 Å². The van der Waals surface area contributed by atoms with Gasteiger partial charge in [-0.3, -0.25) is 9.59 Å². The van der Waals surface area contributed by atoms with Crippen molar-refractivity contribution in [2.45, 2.75) is 32.7 Å². The van der Waals surface area contributed by atoms with Crippen LogP contribution in [0.4, 0.5) is 0 Å². The van der Waals surface area contributed by atoms with Crippen molar-refractivity contribution >= 4 is 11.8 Å². The van der Waals surface area contributed by atoms with Crippen LogP contribution in [0.1, 0.15) is 26.7 Å². The maximum atomic E-state index is 12.5. The number of hydrogen-bond donors (Lipinski definition) is 1. The molecule has 1 aliphatic heterocycles. The number of likely N-dealkylation sites (N-methyl/N-ethyl adjacent to an activating group) is 1. The molecule has 2 unspecified atom stereocenters. The van der Waals surface area contributed by atoms with Gasteiger partial charge in [-0.05, 0) is 20.0 Å². The molecule has 0 radical (unpaired) electrons. The van der Waals surface area contributed by atoms with Crippen LogP contribution in [0, 0.1) is 5.92 Å². The third-order valence-electron chi connectivity index (χ3n) is 3.90. The summed E-state index contributed by atoms with van der Waals surface area (Å²) in [6, 6.07) is -0.397. The Balaban J connectivity index is 2.48. The Morgan fingerprint density at radius 2 is 2.10 bits per heavy atom. The van der Waals surface area contributed by atoms with E-state index in [0.717, 1.165) is 13.0 Å². The van der Waals surface area contributed by atoms with Gasteiger partial charge in [-0.25, -0.2) is 0 Å². The summed E-state index contributed by atoms with van der Waals surface area (Å²) in [5, 5.41) is 2.85. The second-order valence-corrected chi connectivity index (χ2v) is 5.92. The Morgan fingerprint density at radius 1 is 1.38 bits per heavy atom. The lowest BCUT2D eigenvalue weighted by molar-refractivity contribution is -0.135. The molecule has 1 rings (SSSR count). The molecule has 1 N–H and O–H groups in total. The van der Waals surface area contributed by atoms with Crippen LogP contribution in [0.3, 0.4) is 0 Å². The van der Waals surface area contributed by atoms with Crippen molar-refractivity contribution in [2.24, 2.45) is 5.92 Å². The van der Waals surface area contributed by atoms with Crippen LogP contribution in [0.5, 0.6) is 0 Å². The van der Waals surface area contributed by atoms with Crippen LogP contribution in [-0.4, -0.2) is 74.6 Å². The van der Waals surface area contributed by atoms with Crippen molar-refractivity contribution in [2.75, 3.05) is 46.9 Å². The summed E-state index contributed by atoms with van der Waals surface area (Å²) < 4.78 is 5.54. The zero-order valence-corrected chi connectivity index (χ0v) is 13.7. The SMILES string of the molecule is CCC(C)C1NC(=O)CCN(CCOCCN(C)C)C1=O. The fourth-order valence-electron chi connectivity index (χ4n) is 2.22. The standard InChI is InChI=1S/C15H29N3O3/c1-5-12(2)14-15(20)18(7-6-13(19)16-14)9-11-21-10-8-17(3)4/h12,14H,5-11H2,1-4H3,(H,16,19). The van der Waals surface area contributed by atoms with Crippen molar-refractivity contribution in [1.82, 2.24) is 15.1 Å². The van der Waals surface area contributed by atoms with Gasteiger partial charge in [-0.2, -0.15) is 0 Å². The van der Waals surface area contributed by atoms with Gasteiger partial charge in [0.15, 0.2) is 0 Å². The van der Waals surface area contributed by atoms with Crippen molar-refractivity contribution in [1.29, 1.82) is 0 Å². The molecule has 2 amide bonds. The van der Waals surface area contributed by atoms with Gasteiger partial charge in [-0.1, -0.05) is 20.3 Å². The summed E-state index contributed by atoms with van der Waals surface area (Å²) in [5.41, 5.74) is 0. The molecule has 0 aromatic rings. The van der Waals surface area contributed by atoms with Gasteiger partial charge in [0.2, 0.25) is 11.8 Å². The number of rotatable bonds is 8. The fraction of sp³-hybridized carbons (Fsp3) is 0.867. The van der Waals surface area contributed by atoms with Crippen molar-refractivity contribution in [3.05, 3.63) is 0 Å².